The Hall–Kier alpha value is -3.07. The summed E-state index contributed by atoms with van der Waals surface area (Å²) in [5.41, 5.74) is 0.676. The molecule has 33 heavy (non-hydrogen) atoms. The fourth-order valence-electron chi connectivity index (χ4n) is 4.03. The van der Waals surface area contributed by atoms with Gasteiger partial charge in [0.1, 0.15) is 5.82 Å². The molecule has 1 saturated carbocycles. The Bertz CT molecular complexity index is 1090. The molecule has 6 nitrogen and oxygen atoms in total. The summed E-state index contributed by atoms with van der Waals surface area (Å²) in [6.45, 7) is 0.747. The Morgan fingerprint density at radius 1 is 1.15 bits per heavy atom. The number of H-pyrrole nitrogens is 1. The third-order valence-electron chi connectivity index (χ3n) is 5.85. The number of benzene rings is 1. The molecule has 0 bridgehead atoms. The summed E-state index contributed by atoms with van der Waals surface area (Å²) in [6, 6.07) is 9.03. The second-order valence-corrected chi connectivity index (χ2v) is 8.52. The molecule has 174 valence electrons. The first-order valence-electron chi connectivity index (χ1n) is 10.7. The maximum Gasteiger partial charge on any atom is 0.417 e. The zero-order valence-corrected chi connectivity index (χ0v) is 18.4. The minimum absolute atomic E-state index is 0.0954. The molecule has 1 amide bonds. The van der Waals surface area contributed by atoms with Crippen LogP contribution in [0.3, 0.4) is 0 Å². The number of aromatic nitrogens is 3. The molecule has 3 N–H and O–H groups in total. The molecule has 1 fully saturated rings. The lowest BCUT2D eigenvalue weighted by Gasteiger charge is -2.29. The Kier molecular flexibility index (Phi) is 6.88. The van der Waals surface area contributed by atoms with Crippen molar-refractivity contribution in [3.63, 3.8) is 0 Å². The minimum atomic E-state index is -4.61. The molecule has 4 rings (SSSR count). The smallest absolute Gasteiger partial charge is 0.368 e. The third kappa shape index (κ3) is 5.65. The number of anilines is 1. The average molecular weight is 478 g/mol. The van der Waals surface area contributed by atoms with Crippen molar-refractivity contribution in [2.45, 2.75) is 37.9 Å². The molecule has 1 aliphatic rings. The van der Waals surface area contributed by atoms with E-state index < -0.39 is 22.7 Å². The number of alkyl halides is 3. The van der Waals surface area contributed by atoms with Gasteiger partial charge in [0.05, 0.1) is 21.8 Å². The van der Waals surface area contributed by atoms with Gasteiger partial charge in [-0.1, -0.05) is 17.7 Å². The normalized spacial score (nSPS) is 18.7. The third-order valence-corrected chi connectivity index (χ3v) is 6.26. The van der Waals surface area contributed by atoms with Gasteiger partial charge in [-0.25, -0.2) is 0 Å². The summed E-state index contributed by atoms with van der Waals surface area (Å²) in [5, 5.41) is 12.9. The second kappa shape index (κ2) is 9.82. The number of nitrogens with one attached hydrogen (secondary N) is 3. The lowest BCUT2D eigenvalue weighted by Crippen LogP contribution is -2.38. The van der Waals surface area contributed by atoms with Crippen molar-refractivity contribution in [2.24, 2.45) is 5.92 Å². The summed E-state index contributed by atoms with van der Waals surface area (Å²) in [6.07, 6.45) is 2.13. The van der Waals surface area contributed by atoms with Crippen LogP contribution in [0.4, 0.5) is 19.0 Å². The Balaban J connectivity index is 1.26. The predicted molar refractivity (Wildman–Crippen MR) is 120 cm³/mol. The highest BCUT2D eigenvalue weighted by atomic mass is 35.5. The summed E-state index contributed by atoms with van der Waals surface area (Å²) in [5.74, 6) is 0.587. The van der Waals surface area contributed by atoms with E-state index in [1.165, 1.54) is 12.1 Å². The molecule has 2 heterocycles. The molecule has 1 aliphatic carbocycles. The van der Waals surface area contributed by atoms with E-state index in [0.717, 1.165) is 55.4 Å². The van der Waals surface area contributed by atoms with Gasteiger partial charge in [-0.2, -0.15) is 18.3 Å². The number of aromatic amines is 1. The largest absolute Gasteiger partial charge is 0.417 e. The molecule has 0 atom stereocenters. The molecule has 10 heteroatoms. The zero-order valence-electron chi connectivity index (χ0n) is 17.6. The number of nitrogens with zero attached hydrogens (tertiary/aromatic N) is 2. The van der Waals surface area contributed by atoms with Crippen LogP contribution in [-0.2, 0) is 6.18 Å². The standard InChI is InChI=1S/C23H23ClF3N5O/c24-21-17(4-1-5-18(21)23(25,26)27)22(33)30-16-8-6-14(7-9-16)12-29-20-11-19(31-32-20)15-3-2-10-28-13-15/h1-5,10-11,13-14,16H,6-9,12H2,(H,30,33)(H2,29,31,32). The quantitative estimate of drug-likeness (QED) is 0.435. The lowest BCUT2D eigenvalue weighted by atomic mass is 9.86. The van der Waals surface area contributed by atoms with Gasteiger partial charge in [0, 0.05) is 36.6 Å². The number of amides is 1. The molecule has 3 aromatic rings. The van der Waals surface area contributed by atoms with Crippen LogP contribution in [-0.4, -0.2) is 33.7 Å². The maximum absolute atomic E-state index is 13.0. The van der Waals surface area contributed by atoms with Crippen LogP contribution in [0.1, 0.15) is 41.6 Å². The summed E-state index contributed by atoms with van der Waals surface area (Å²) in [7, 11) is 0. The molecule has 1 aromatic carbocycles. The van der Waals surface area contributed by atoms with Crippen LogP contribution in [0, 0.1) is 5.92 Å². The highest BCUT2D eigenvalue weighted by Gasteiger charge is 2.35. The molecule has 0 spiro atoms. The highest BCUT2D eigenvalue weighted by molar-refractivity contribution is 6.34. The monoisotopic (exact) mass is 477 g/mol. The average Bonchev–Trinajstić information content (AvgIpc) is 3.28. The molecular weight excluding hydrogens is 455 g/mol. The highest BCUT2D eigenvalue weighted by Crippen LogP contribution is 2.36. The SMILES string of the molecule is O=C(NC1CCC(CNc2cc(-c3cccnc3)[nH]n2)CC1)c1cccc(C(F)(F)F)c1Cl. The van der Waals surface area contributed by atoms with E-state index in [4.69, 9.17) is 11.6 Å². The fraction of sp³-hybridized carbons (Fsp3) is 0.348. The van der Waals surface area contributed by atoms with Crippen molar-refractivity contribution >= 4 is 23.3 Å². The van der Waals surface area contributed by atoms with E-state index in [1.54, 1.807) is 12.4 Å². The van der Waals surface area contributed by atoms with Crippen molar-refractivity contribution < 1.29 is 18.0 Å². The number of rotatable bonds is 6. The number of pyridine rings is 1. The van der Waals surface area contributed by atoms with Crippen molar-refractivity contribution in [1.82, 2.24) is 20.5 Å². The van der Waals surface area contributed by atoms with Crippen LogP contribution in [0.5, 0.6) is 0 Å². The van der Waals surface area contributed by atoms with Crippen molar-refractivity contribution in [3.8, 4) is 11.3 Å². The van der Waals surface area contributed by atoms with E-state index in [0.29, 0.717) is 5.92 Å². The van der Waals surface area contributed by atoms with E-state index >= 15 is 0 Å². The molecule has 0 aliphatic heterocycles. The van der Waals surface area contributed by atoms with Crippen LogP contribution >= 0.6 is 11.6 Å². The van der Waals surface area contributed by atoms with Crippen molar-refractivity contribution in [3.05, 3.63) is 64.9 Å². The fourth-order valence-corrected chi connectivity index (χ4v) is 4.35. The van der Waals surface area contributed by atoms with Gasteiger partial charge in [-0.05, 0) is 55.9 Å². The summed E-state index contributed by atoms with van der Waals surface area (Å²) >= 11 is 5.87. The Morgan fingerprint density at radius 3 is 2.64 bits per heavy atom. The number of carbonyl (C=O) groups excluding carboxylic acids is 1. The van der Waals surface area contributed by atoms with Crippen LogP contribution in [0.2, 0.25) is 5.02 Å². The van der Waals surface area contributed by atoms with Gasteiger partial charge >= 0.3 is 6.18 Å². The predicted octanol–water partition coefficient (Wildman–Crippen LogP) is 5.54. The van der Waals surface area contributed by atoms with Gasteiger partial charge < -0.3 is 10.6 Å². The number of carbonyl (C=O) groups is 1. The Morgan fingerprint density at radius 2 is 1.94 bits per heavy atom. The Labute approximate surface area is 194 Å². The number of hydrogen-bond donors (Lipinski definition) is 3. The summed E-state index contributed by atoms with van der Waals surface area (Å²) in [4.78, 5) is 16.6. The zero-order chi connectivity index (χ0) is 23.4. The van der Waals surface area contributed by atoms with Gasteiger partial charge in [-0.3, -0.25) is 14.9 Å². The number of halogens is 4. The topological polar surface area (TPSA) is 82.7 Å². The first-order chi connectivity index (χ1) is 15.8. The van der Waals surface area contributed by atoms with Gasteiger partial charge in [0.15, 0.2) is 0 Å². The van der Waals surface area contributed by atoms with E-state index in [1.807, 2.05) is 18.2 Å². The molecule has 0 unspecified atom stereocenters. The minimum Gasteiger partial charge on any atom is -0.368 e. The molecule has 0 radical (unpaired) electrons. The van der Waals surface area contributed by atoms with Crippen LogP contribution in [0.25, 0.3) is 11.3 Å². The summed E-state index contributed by atoms with van der Waals surface area (Å²) < 4.78 is 39.1. The second-order valence-electron chi connectivity index (χ2n) is 8.15. The van der Waals surface area contributed by atoms with Crippen molar-refractivity contribution in [1.29, 1.82) is 0 Å². The van der Waals surface area contributed by atoms with E-state index in [9.17, 15) is 18.0 Å². The molecule has 2 aromatic heterocycles. The maximum atomic E-state index is 13.0. The van der Waals surface area contributed by atoms with E-state index in [-0.39, 0.29) is 11.6 Å². The van der Waals surface area contributed by atoms with Crippen LogP contribution < -0.4 is 10.6 Å². The van der Waals surface area contributed by atoms with Gasteiger partial charge in [-0.15, -0.1) is 0 Å². The molecule has 0 saturated heterocycles. The number of hydrogen-bond acceptors (Lipinski definition) is 4. The van der Waals surface area contributed by atoms with Gasteiger partial charge in [0.2, 0.25) is 0 Å². The van der Waals surface area contributed by atoms with E-state index in [2.05, 4.69) is 25.8 Å². The van der Waals surface area contributed by atoms with Crippen molar-refractivity contribution in [2.75, 3.05) is 11.9 Å². The van der Waals surface area contributed by atoms with Crippen LogP contribution in [0.15, 0.2) is 48.8 Å². The lowest BCUT2D eigenvalue weighted by molar-refractivity contribution is -0.137. The first-order valence-corrected chi connectivity index (χ1v) is 11.1. The first kappa shape index (κ1) is 23.1. The van der Waals surface area contributed by atoms with Gasteiger partial charge in [0.25, 0.3) is 5.91 Å². The molecular formula is C23H23ClF3N5O.